The van der Waals surface area contributed by atoms with E-state index in [1.165, 1.54) is 7.11 Å². The molecule has 0 saturated carbocycles. The van der Waals surface area contributed by atoms with E-state index in [-0.39, 0.29) is 0 Å². The van der Waals surface area contributed by atoms with Gasteiger partial charge in [0.2, 0.25) is 0 Å². The molecule has 1 N–H and O–H groups in total. The van der Waals surface area contributed by atoms with Crippen molar-refractivity contribution in [3.8, 4) is 0 Å². The van der Waals surface area contributed by atoms with Crippen LogP contribution < -0.4 is 4.48 Å². The fraction of sp³-hybridized carbons (Fsp3) is 0.417. The van der Waals surface area contributed by atoms with E-state index in [1.807, 2.05) is 27.2 Å². The lowest BCUT2D eigenvalue weighted by atomic mass is 10.2. The standard InChI is InChI=1S/C11H15ClNO2.CHF3O3S/c1-13(2,3)8-5-6-10(12)9(7-8)11(14)15-4;2-1(3,4)8(5,6)7/h5-7H,1-4H3;(H,5,6,7)/q+1;. The zero-order valence-corrected chi connectivity index (χ0v) is 14.3. The first kappa shape index (κ1) is 21.6. The highest BCUT2D eigenvalue weighted by Crippen LogP contribution is 2.25. The highest BCUT2D eigenvalue weighted by Gasteiger charge is 2.44. The molecular formula is C12H16ClF3NO5S+. The van der Waals surface area contributed by atoms with E-state index in [2.05, 4.69) is 4.74 Å². The first-order valence-corrected chi connectivity index (χ1v) is 7.66. The van der Waals surface area contributed by atoms with E-state index in [4.69, 9.17) is 24.6 Å². The average molecular weight is 379 g/mol. The summed E-state index contributed by atoms with van der Waals surface area (Å²) >= 11 is 5.91. The van der Waals surface area contributed by atoms with Crippen LogP contribution in [0.4, 0.5) is 18.9 Å². The van der Waals surface area contributed by atoms with Crippen LogP contribution in [0.3, 0.4) is 0 Å². The van der Waals surface area contributed by atoms with E-state index in [0.717, 1.165) is 5.69 Å². The van der Waals surface area contributed by atoms with Crippen LogP contribution in [0.2, 0.25) is 5.02 Å². The Morgan fingerprint density at radius 2 is 1.70 bits per heavy atom. The summed E-state index contributed by atoms with van der Waals surface area (Å²) in [4.78, 5) is 11.4. The molecule has 0 amide bonds. The van der Waals surface area contributed by atoms with Crippen molar-refractivity contribution in [1.29, 1.82) is 0 Å². The Balaban J connectivity index is 0.000000515. The molecule has 0 heterocycles. The Kier molecular flexibility index (Phi) is 7.03. The first-order chi connectivity index (χ1) is 10.1. The van der Waals surface area contributed by atoms with Crippen LogP contribution in [0.5, 0.6) is 0 Å². The number of alkyl halides is 3. The predicted molar refractivity (Wildman–Crippen MR) is 80.0 cm³/mol. The minimum atomic E-state index is -5.84. The van der Waals surface area contributed by atoms with Crippen molar-refractivity contribution in [2.75, 3.05) is 28.3 Å². The Bertz CT molecular complexity index is 668. The highest BCUT2D eigenvalue weighted by atomic mass is 35.5. The van der Waals surface area contributed by atoms with E-state index < -0.39 is 21.6 Å². The fourth-order valence-electron chi connectivity index (χ4n) is 1.20. The molecule has 0 aliphatic rings. The van der Waals surface area contributed by atoms with Crippen molar-refractivity contribution in [2.45, 2.75) is 5.51 Å². The van der Waals surface area contributed by atoms with Crippen molar-refractivity contribution >= 4 is 33.4 Å². The molecule has 6 nitrogen and oxygen atoms in total. The maximum atomic E-state index is 11.4. The van der Waals surface area contributed by atoms with Crippen molar-refractivity contribution in [3.63, 3.8) is 0 Å². The lowest BCUT2D eigenvalue weighted by Gasteiger charge is -2.23. The number of carbonyl (C=O) groups is 1. The highest BCUT2D eigenvalue weighted by molar-refractivity contribution is 7.86. The van der Waals surface area contributed by atoms with Crippen LogP contribution in [0.15, 0.2) is 18.2 Å². The molecule has 0 spiro atoms. The third-order valence-corrected chi connectivity index (χ3v) is 3.34. The van der Waals surface area contributed by atoms with Crippen LogP contribution in [-0.4, -0.2) is 52.7 Å². The van der Waals surface area contributed by atoms with Gasteiger partial charge in [0.15, 0.2) is 0 Å². The van der Waals surface area contributed by atoms with Gasteiger partial charge in [-0.2, -0.15) is 21.6 Å². The second kappa shape index (κ2) is 7.47. The molecule has 0 atom stereocenters. The van der Waals surface area contributed by atoms with E-state index >= 15 is 0 Å². The van der Waals surface area contributed by atoms with Crippen LogP contribution in [0, 0.1) is 0 Å². The zero-order chi connectivity index (χ0) is 18.6. The fourth-order valence-corrected chi connectivity index (χ4v) is 1.39. The van der Waals surface area contributed by atoms with Gasteiger partial charge in [-0.3, -0.25) is 9.04 Å². The number of nitrogens with zero attached hydrogens (tertiary/aromatic N) is 1. The lowest BCUT2D eigenvalue weighted by Crippen LogP contribution is -2.34. The summed E-state index contributed by atoms with van der Waals surface area (Å²) in [5.74, 6) is -0.407. The molecule has 11 heteroatoms. The summed E-state index contributed by atoms with van der Waals surface area (Å²) in [6.45, 7) is 0. The third kappa shape index (κ3) is 6.73. The van der Waals surface area contributed by atoms with Gasteiger partial charge in [-0.15, -0.1) is 0 Å². The number of ether oxygens (including phenoxy) is 1. The summed E-state index contributed by atoms with van der Waals surface area (Å²) in [6, 6.07) is 5.37. The molecule has 0 bridgehead atoms. The molecule has 1 rings (SSSR count). The monoisotopic (exact) mass is 378 g/mol. The molecule has 132 valence electrons. The number of quaternary nitrogens is 1. The smallest absolute Gasteiger partial charge is 0.465 e. The molecule has 0 aliphatic carbocycles. The number of esters is 1. The van der Waals surface area contributed by atoms with E-state index in [0.29, 0.717) is 15.1 Å². The number of benzene rings is 1. The van der Waals surface area contributed by atoms with Gasteiger partial charge in [-0.1, -0.05) is 11.6 Å². The molecule has 0 fully saturated rings. The molecule has 1 aromatic carbocycles. The number of hydrogen-bond donors (Lipinski definition) is 1. The molecular weight excluding hydrogens is 363 g/mol. The number of methoxy groups -OCH3 is 1. The summed E-state index contributed by atoms with van der Waals surface area (Å²) in [7, 11) is 1.56. The maximum Gasteiger partial charge on any atom is 0.522 e. The number of rotatable bonds is 2. The average Bonchev–Trinajstić information content (AvgIpc) is 2.35. The minimum absolute atomic E-state index is 0.407. The van der Waals surface area contributed by atoms with Crippen LogP contribution in [0.25, 0.3) is 0 Å². The van der Waals surface area contributed by atoms with Gasteiger partial charge in [0.1, 0.15) is 5.69 Å². The van der Waals surface area contributed by atoms with Gasteiger partial charge in [0, 0.05) is 12.1 Å². The van der Waals surface area contributed by atoms with Gasteiger partial charge in [-0.05, 0) is 6.07 Å². The minimum Gasteiger partial charge on any atom is -0.465 e. The van der Waals surface area contributed by atoms with Gasteiger partial charge in [0.05, 0.1) is 38.8 Å². The molecule has 0 saturated heterocycles. The van der Waals surface area contributed by atoms with Crippen molar-refractivity contribution in [1.82, 2.24) is 4.48 Å². The first-order valence-electron chi connectivity index (χ1n) is 5.85. The summed E-state index contributed by atoms with van der Waals surface area (Å²) in [5, 5.41) is 0.416. The van der Waals surface area contributed by atoms with E-state index in [9.17, 15) is 18.0 Å². The Labute approximate surface area is 136 Å². The number of halogens is 4. The predicted octanol–water partition coefficient (Wildman–Crippen LogP) is 2.72. The Morgan fingerprint density at radius 3 is 2.00 bits per heavy atom. The second-order valence-electron chi connectivity index (χ2n) is 5.09. The molecule has 0 unspecified atom stereocenters. The van der Waals surface area contributed by atoms with Gasteiger partial charge < -0.3 is 4.74 Å². The van der Waals surface area contributed by atoms with Crippen LogP contribution in [-0.2, 0) is 14.9 Å². The lowest BCUT2D eigenvalue weighted by molar-refractivity contribution is -0.0510. The van der Waals surface area contributed by atoms with Crippen molar-refractivity contribution < 1.29 is 35.7 Å². The summed E-state index contributed by atoms with van der Waals surface area (Å²) in [6.07, 6.45) is 0. The summed E-state index contributed by atoms with van der Waals surface area (Å²) in [5.41, 5.74) is -4.13. The maximum absolute atomic E-state index is 11.4. The topological polar surface area (TPSA) is 80.7 Å². The SMILES string of the molecule is COC(=O)c1cc([N+](C)(C)C)ccc1Cl.O=S(=O)(O)C(F)(F)F. The Hall–Kier alpha value is -1.36. The quantitative estimate of drug-likeness (QED) is 0.370. The molecule has 0 aromatic heterocycles. The van der Waals surface area contributed by atoms with Gasteiger partial charge in [0.25, 0.3) is 0 Å². The van der Waals surface area contributed by atoms with Crippen molar-refractivity contribution in [3.05, 3.63) is 28.8 Å². The normalized spacial score (nSPS) is 12.2. The van der Waals surface area contributed by atoms with Gasteiger partial charge in [-0.25, -0.2) is 4.79 Å². The largest absolute Gasteiger partial charge is 0.522 e. The third-order valence-electron chi connectivity index (χ3n) is 2.42. The number of carbonyl (C=O) groups excluding carboxylic acids is 1. The van der Waals surface area contributed by atoms with Crippen LogP contribution >= 0.6 is 11.6 Å². The molecule has 0 radical (unpaired) electrons. The zero-order valence-electron chi connectivity index (χ0n) is 12.7. The molecule has 0 aliphatic heterocycles. The molecule has 23 heavy (non-hydrogen) atoms. The van der Waals surface area contributed by atoms with Crippen molar-refractivity contribution in [2.24, 2.45) is 0 Å². The Morgan fingerprint density at radius 1 is 1.26 bits per heavy atom. The second-order valence-corrected chi connectivity index (χ2v) is 6.91. The summed E-state index contributed by atoms with van der Waals surface area (Å²) < 4.78 is 62.8. The van der Waals surface area contributed by atoms with E-state index in [1.54, 1.807) is 12.1 Å². The van der Waals surface area contributed by atoms with Gasteiger partial charge >= 0.3 is 21.6 Å². The van der Waals surface area contributed by atoms with Crippen LogP contribution in [0.1, 0.15) is 10.4 Å². The molecule has 1 aromatic rings. The number of hydrogen-bond acceptors (Lipinski definition) is 4.